The van der Waals surface area contributed by atoms with Crippen molar-refractivity contribution in [3.8, 4) is 0 Å². The molecule has 2 aromatic rings. The van der Waals surface area contributed by atoms with Crippen LogP contribution in [0.25, 0.3) is 0 Å². The Bertz CT molecular complexity index is 826. The summed E-state index contributed by atoms with van der Waals surface area (Å²) < 4.78 is 0. The summed E-state index contributed by atoms with van der Waals surface area (Å²) in [4.78, 5) is 23.8. The smallest absolute Gasteiger partial charge is 0.241 e. The van der Waals surface area contributed by atoms with E-state index in [1.807, 2.05) is 6.92 Å². The highest BCUT2D eigenvalue weighted by atomic mass is 16.2. The molecule has 0 radical (unpaired) electrons. The van der Waals surface area contributed by atoms with Crippen LogP contribution in [0.1, 0.15) is 58.7 Å². The minimum Gasteiger partial charge on any atom is -0.326 e. The molecule has 0 heterocycles. The summed E-state index contributed by atoms with van der Waals surface area (Å²) in [6.07, 6.45) is 1.07. The minimum atomic E-state index is -0.359. The van der Waals surface area contributed by atoms with Crippen LogP contribution in [-0.2, 0) is 16.0 Å². The van der Waals surface area contributed by atoms with E-state index in [1.165, 1.54) is 18.1 Å². The van der Waals surface area contributed by atoms with Crippen LogP contribution in [-0.4, -0.2) is 17.9 Å². The first-order chi connectivity index (χ1) is 14.2. The highest BCUT2D eigenvalue weighted by Crippen LogP contribution is 2.24. The first kappa shape index (κ1) is 23.6. The summed E-state index contributed by atoms with van der Waals surface area (Å²) >= 11 is 0. The molecule has 0 aliphatic rings. The molecule has 0 spiro atoms. The van der Waals surface area contributed by atoms with E-state index in [0.29, 0.717) is 23.2 Å². The van der Waals surface area contributed by atoms with Crippen molar-refractivity contribution in [3.63, 3.8) is 0 Å². The lowest BCUT2D eigenvalue weighted by molar-refractivity contribution is -0.118. The van der Waals surface area contributed by atoms with E-state index in [4.69, 9.17) is 0 Å². The second kappa shape index (κ2) is 10.9. The number of rotatable bonds is 9. The van der Waals surface area contributed by atoms with Gasteiger partial charge in [-0.05, 0) is 60.6 Å². The molecule has 2 amide bonds. The van der Waals surface area contributed by atoms with Gasteiger partial charge >= 0.3 is 0 Å². The number of carbonyl (C=O) groups is 2. The van der Waals surface area contributed by atoms with Crippen molar-refractivity contribution < 1.29 is 9.59 Å². The topological polar surface area (TPSA) is 70.2 Å². The van der Waals surface area contributed by atoms with Crippen LogP contribution in [0.3, 0.4) is 0 Å². The SMILES string of the molecule is CC(=O)Nc1ccc(NC(=O)[C@@H](C)N[C@@H](c2ccc(CC(C)C)cc2)C(C)C)cc1. The van der Waals surface area contributed by atoms with Gasteiger partial charge in [0.05, 0.1) is 6.04 Å². The molecule has 2 rings (SSSR count). The Morgan fingerprint density at radius 1 is 0.800 bits per heavy atom. The molecule has 30 heavy (non-hydrogen) atoms. The molecule has 3 N–H and O–H groups in total. The van der Waals surface area contributed by atoms with Crippen LogP contribution in [0.2, 0.25) is 0 Å². The second-order valence-electron chi connectivity index (χ2n) is 8.70. The Morgan fingerprint density at radius 2 is 1.33 bits per heavy atom. The van der Waals surface area contributed by atoms with E-state index < -0.39 is 0 Å². The summed E-state index contributed by atoms with van der Waals surface area (Å²) in [7, 11) is 0. The summed E-state index contributed by atoms with van der Waals surface area (Å²) in [5, 5.41) is 9.13. The fraction of sp³-hybridized carbons (Fsp3) is 0.440. The molecule has 5 nitrogen and oxygen atoms in total. The van der Waals surface area contributed by atoms with E-state index >= 15 is 0 Å². The summed E-state index contributed by atoms with van der Waals surface area (Å²) in [6, 6.07) is 15.5. The number of hydrogen-bond donors (Lipinski definition) is 3. The van der Waals surface area contributed by atoms with Crippen LogP contribution in [0, 0.1) is 11.8 Å². The molecule has 0 aliphatic heterocycles. The van der Waals surface area contributed by atoms with Gasteiger partial charge in [0.25, 0.3) is 0 Å². The van der Waals surface area contributed by atoms with Gasteiger partial charge in [-0.1, -0.05) is 52.0 Å². The van der Waals surface area contributed by atoms with Crippen molar-refractivity contribution in [2.75, 3.05) is 10.6 Å². The van der Waals surface area contributed by atoms with E-state index in [9.17, 15) is 9.59 Å². The zero-order valence-electron chi connectivity index (χ0n) is 19.0. The molecule has 2 aromatic carbocycles. The van der Waals surface area contributed by atoms with Gasteiger partial charge in [0.2, 0.25) is 11.8 Å². The minimum absolute atomic E-state index is 0.0843. The van der Waals surface area contributed by atoms with Crippen LogP contribution >= 0.6 is 0 Å². The molecule has 0 saturated heterocycles. The Kier molecular flexibility index (Phi) is 8.60. The molecule has 0 aromatic heterocycles. The van der Waals surface area contributed by atoms with E-state index in [1.54, 1.807) is 24.3 Å². The van der Waals surface area contributed by atoms with Crippen LogP contribution in [0.15, 0.2) is 48.5 Å². The number of amides is 2. The fourth-order valence-electron chi connectivity index (χ4n) is 3.44. The maximum absolute atomic E-state index is 12.7. The molecular formula is C25H35N3O2. The van der Waals surface area contributed by atoms with Gasteiger partial charge in [0.15, 0.2) is 0 Å². The summed E-state index contributed by atoms with van der Waals surface area (Å²) in [5.74, 6) is 0.755. The Hall–Kier alpha value is -2.66. The zero-order chi connectivity index (χ0) is 22.3. The molecular weight excluding hydrogens is 374 g/mol. The molecule has 0 saturated carbocycles. The van der Waals surface area contributed by atoms with Gasteiger partial charge in [0.1, 0.15) is 0 Å². The maximum atomic E-state index is 12.7. The summed E-state index contributed by atoms with van der Waals surface area (Å²) in [5.41, 5.74) is 3.93. The number of benzene rings is 2. The third kappa shape index (κ3) is 7.30. The average molecular weight is 410 g/mol. The molecule has 2 atom stereocenters. The van der Waals surface area contributed by atoms with E-state index in [2.05, 4.69) is 67.9 Å². The third-order valence-electron chi connectivity index (χ3n) is 4.95. The lowest BCUT2D eigenvalue weighted by Crippen LogP contribution is -2.41. The predicted molar refractivity (Wildman–Crippen MR) is 125 cm³/mol. The molecule has 0 aliphatic carbocycles. The maximum Gasteiger partial charge on any atom is 0.241 e. The van der Waals surface area contributed by atoms with E-state index in [-0.39, 0.29) is 23.9 Å². The monoisotopic (exact) mass is 409 g/mol. The molecule has 162 valence electrons. The van der Waals surface area contributed by atoms with Gasteiger partial charge in [0, 0.05) is 24.3 Å². The lowest BCUT2D eigenvalue weighted by atomic mass is 9.93. The zero-order valence-corrected chi connectivity index (χ0v) is 19.0. The standard InChI is InChI=1S/C25H35N3O2/c1-16(2)15-20-7-9-21(10-8-20)24(17(3)4)26-18(5)25(30)28-23-13-11-22(12-14-23)27-19(6)29/h7-14,16-18,24,26H,15H2,1-6H3,(H,27,29)(H,28,30)/t18-,24-/m1/s1. The van der Waals surface area contributed by atoms with Crippen LogP contribution < -0.4 is 16.0 Å². The van der Waals surface area contributed by atoms with Crippen molar-refractivity contribution in [2.45, 2.75) is 60.0 Å². The van der Waals surface area contributed by atoms with Crippen LogP contribution in [0.5, 0.6) is 0 Å². The molecule has 0 bridgehead atoms. The average Bonchev–Trinajstić information content (AvgIpc) is 2.67. The number of carbonyl (C=O) groups excluding carboxylic acids is 2. The van der Waals surface area contributed by atoms with Gasteiger partial charge in [-0.3, -0.25) is 14.9 Å². The number of anilines is 2. The van der Waals surface area contributed by atoms with Crippen molar-refractivity contribution in [1.82, 2.24) is 5.32 Å². The Balaban J connectivity index is 2.00. The first-order valence-corrected chi connectivity index (χ1v) is 10.7. The van der Waals surface area contributed by atoms with Crippen molar-refractivity contribution in [3.05, 3.63) is 59.7 Å². The quantitative estimate of drug-likeness (QED) is 0.536. The molecule has 5 heteroatoms. The van der Waals surface area contributed by atoms with Crippen molar-refractivity contribution >= 4 is 23.2 Å². The van der Waals surface area contributed by atoms with Gasteiger partial charge in [-0.15, -0.1) is 0 Å². The third-order valence-corrected chi connectivity index (χ3v) is 4.95. The second-order valence-corrected chi connectivity index (χ2v) is 8.70. The normalized spacial score (nSPS) is 13.2. The van der Waals surface area contributed by atoms with Gasteiger partial charge in [-0.25, -0.2) is 0 Å². The van der Waals surface area contributed by atoms with Crippen molar-refractivity contribution in [1.29, 1.82) is 0 Å². The van der Waals surface area contributed by atoms with E-state index in [0.717, 1.165) is 6.42 Å². The van der Waals surface area contributed by atoms with Crippen LogP contribution in [0.4, 0.5) is 11.4 Å². The predicted octanol–water partition coefficient (Wildman–Crippen LogP) is 5.16. The van der Waals surface area contributed by atoms with Crippen molar-refractivity contribution in [2.24, 2.45) is 11.8 Å². The lowest BCUT2D eigenvalue weighted by Gasteiger charge is -2.27. The number of nitrogens with one attached hydrogen (secondary N) is 3. The fourth-order valence-corrected chi connectivity index (χ4v) is 3.44. The Morgan fingerprint density at radius 3 is 1.80 bits per heavy atom. The first-order valence-electron chi connectivity index (χ1n) is 10.7. The van der Waals surface area contributed by atoms with Gasteiger partial charge < -0.3 is 10.6 Å². The Labute approximate surface area is 180 Å². The highest BCUT2D eigenvalue weighted by Gasteiger charge is 2.22. The largest absolute Gasteiger partial charge is 0.326 e. The van der Waals surface area contributed by atoms with Gasteiger partial charge in [-0.2, -0.15) is 0 Å². The summed E-state index contributed by atoms with van der Waals surface area (Å²) in [6.45, 7) is 12.1. The molecule has 0 unspecified atom stereocenters. The highest BCUT2D eigenvalue weighted by molar-refractivity contribution is 5.95. The molecule has 0 fully saturated rings. The number of hydrogen-bond acceptors (Lipinski definition) is 3.